The van der Waals surface area contributed by atoms with E-state index in [9.17, 15) is 9.59 Å². The highest BCUT2D eigenvalue weighted by Gasteiger charge is 2.10. The Balaban J connectivity index is 1.46. The molecule has 148 valence electrons. The van der Waals surface area contributed by atoms with Gasteiger partial charge in [0.05, 0.1) is 6.42 Å². The third kappa shape index (κ3) is 4.67. The van der Waals surface area contributed by atoms with Crippen molar-refractivity contribution in [2.45, 2.75) is 6.42 Å². The lowest BCUT2D eigenvalue weighted by atomic mass is 10.0. The van der Waals surface area contributed by atoms with Gasteiger partial charge in [0.1, 0.15) is 0 Å². The molecule has 0 saturated carbocycles. The summed E-state index contributed by atoms with van der Waals surface area (Å²) in [4.78, 5) is 25.1. The van der Waals surface area contributed by atoms with Crippen LogP contribution in [0.15, 0.2) is 91.0 Å². The Hall–Kier alpha value is -3.63. The zero-order valence-corrected chi connectivity index (χ0v) is 16.8. The van der Waals surface area contributed by atoms with Crippen molar-refractivity contribution in [3.8, 4) is 0 Å². The maximum absolute atomic E-state index is 12.6. The highest BCUT2D eigenvalue weighted by atomic mass is 35.5. The minimum absolute atomic E-state index is 0.140. The van der Waals surface area contributed by atoms with Gasteiger partial charge in [-0.15, -0.1) is 0 Å². The Morgan fingerprint density at radius 3 is 2.27 bits per heavy atom. The number of amides is 2. The molecule has 0 saturated heterocycles. The summed E-state index contributed by atoms with van der Waals surface area (Å²) in [7, 11) is 0. The van der Waals surface area contributed by atoms with Gasteiger partial charge in [-0.05, 0) is 52.7 Å². The molecular weight excluding hydrogens is 396 g/mol. The Morgan fingerprint density at radius 2 is 1.43 bits per heavy atom. The second-order valence-corrected chi connectivity index (χ2v) is 7.34. The van der Waals surface area contributed by atoms with Crippen LogP contribution in [-0.2, 0) is 11.2 Å². The van der Waals surface area contributed by atoms with Crippen molar-refractivity contribution >= 4 is 45.6 Å². The van der Waals surface area contributed by atoms with Crippen molar-refractivity contribution in [3.63, 3.8) is 0 Å². The first-order chi connectivity index (χ1) is 14.6. The summed E-state index contributed by atoms with van der Waals surface area (Å²) in [6.45, 7) is 0. The van der Waals surface area contributed by atoms with Crippen LogP contribution in [0.4, 0.5) is 11.4 Å². The minimum Gasteiger partial charge on any atom is -0.326 e. The van der Waals surface area contributed by atoms with E-state index in [2.05, 4.69) is 10.6 Å². The molecule has 0 aliphatic rings. The van der Waals surface area contributed by atoms with Crippen LogP contribution < -0.4 is 10.6 Å². The Labute approximate surface area is 179 Å². The van der Waals surface area contributed by atoms with Gasteiger partial charge in [0.15, 0.2) is 0 Å². The summed E-state index contributed by atoms with van der Waals surface area (Å²) in [5.74, 6) is -0.416. The van der Waals surface area contributed by atoms with E-state index in [-0.39, 0.29) is 18.2 Å². The largest absolute Gasteiger partial charge is 0.326 e. The van der Waals surface area contributed by atoms with Gasteiger partial charge in [0, 0.05) is 22.0 Å². The Bertz CT molecular complexity index is 1230. The lowest BCUT2D eigenvalue weighted by molar-refractivity contribution is -0.115. The van der Waals surface area contributed by atoms with Gasteiger partial charge in [-0.3, -0.25) is 9.59 Å². The molecule has 2 amide bonds. The van der Waals surface area contributed by atoms with Gasteiger partial charge >= 0.3 is 0 Å². The maximum atomic E-state index is 12.6. The zero-order valence-electron chi connectivity index (χ0n) is 16.1. The van der Waals surface area contributed by atoms with E-state index in [4.69, 9.17) is 11.6 Å². The van der Waals surface area contributed by atoms with Crippen molar-refractivity contribution in [2.24, 2.45) is 0 Å². The van der Waals surface area contributed by atoms with Gasteiger partial charge in [0.25, 0.3) is 5.91 Å². The van der Waals surface area contributed by atoms with Gasteiger partial charge in [-0.1, -0.05) is 66.2 Å². The van der Waals surface area contributed by atoms with Crippen molar-refractivity contribution in [3.05, 3.63) is 107 Å². The molecule has 0 fully saturated rings. The number of benzene rings is 4. The molecule has 0 unspecified atom stereocenters. The summed E-state index contributed by atoms with van der Waals surface area (Å²) < 4.78 is 0. The van der Waals surface area contributed by atoms with Gasteiger partial charge in [0.2, 0.25) is 5.91 Å². The molecule has 4 aromatic rings. The van der Waals surface area contributed by atoms with Crippen molar-refractivity contribution < 1.29 is 9.59 Å². The summed E-state index contributed by atoms with van der Waals surface area (Å²) in [6, 6.07) is 27.7. The summed E-state index contributed by atoms with van der Waals surface area (Å²) in [5, 5.41) is 8.39. The lowest BCUT2D eigenvalue weighted by Crippen LogP contribution is -2.16. The number of fused-ring (bicyclic) bond motifs is 1. The molecule has 5 heteroatoms. The second kappa shape index (κ2) is 8.80. The third-order valence-corrected chi connectivity index (χ3v) is 4.96. The van der Waals surface area contributed by atoms with E-state index in [0.29, 0.717) is 22.0 Å². The van der Waals surface area contributed by atoms with Gasteiger partial charge < -0.3 is 10.6 Å². The highest BCUT2D eigenvalue weighted by Crippen LogP contribution is 2.20. The van der Waals surface area contributed by atoms with Crippen molar-refractivity contribution in [1.82, 2.24) is 0 Å². The normalized spacial score (nSPS) is 10.6. The van der Waals surface area contributed by atoms with E-state index in [1.807, 2.05) is 42.5 Å². The minimum atomic E-state index is -0.276. The molecule has 0 bridgehead atoms. The van der Waals surface area contributed by atoms with Crippen molar-refractivity contribution in [1.29, 1.82) is 0 Å². The molecule has 2 N–H and O–H groups in total. The molecule has 4 aromatic carbocycles. The molecule has 4 rings (SSSR count). The highest BCUT2D eigenvalue weighted by molar-refractivity contribution is 6.31. The van der Waals surface area contributed by atoms with Crippen LogP contribution >= 0.6 is 11.6 Å². The molecule has 0 heterocycles. The standard InChI is InChI=1S/C25H19ClN2O2/c26-20-10-5-12-22(16-20)28-25(30)19-9-4-11-21(14-19)27-24(29)15-18-8-3-7-17-6-1-2-13-23(17)18/h1-14,16H,15H2,(H,27,29)(H,28,30). The molecule has 0 radical (unpaired) electrons. The van der Waals surface area contributed by atoms with Crippen LogP contribution in [0.5, 0.6) is 0 Å². The number of carbonyl (C=O) groups excluding carboxylic acids is 2. The van der Waals surface area contributed by atoms with Crippen LogP contribution in [0.2, 0.25) is 5.02 Å². The summed E-state index contributed by atoms with van der Waals surface area (Å²) in [6.07, 6.45) is 0.250. The van der Waals surface area contributed by atoms with Crippen LogP contribution in [-0.4, -0.2) is 11.8 Å². The molecular formula is C25H19ClN2O2. The quantitative estimate of drug-likeness (QED) is 0.425. The lowest BCUT2D eigenvalue weighted by Gasteiger charge is -2.10. The monoisotopic (exact) mass is 414 g/mol. The number of anilines is 2. The molecule has 4 nitrogen and oxygen atoms in total. The Kier molecular flexibility index (Phi) is 5.77. The Morgan fingerprint density at radius 1 is 0.733 bits per heavy atom. The van der Waals surface area contributed by atoms with Crippen LogP contribution in [0, 0.1) is 0 Å². The van der Waals surface area contributed by atoms with E-state index in [1.165, 1.54) is 0 Å². The number of hydrogen-bond donors (Lipinski definition) is 2. The number of rotatable bonds is 5. The van der Waals surface area contributed by atoms with Crippen LogP contribution in [0.1, 0.15) is 15.9 Å². The molecule has 0 aliphatic heterocycles. The molecule has 0 aliphatic carbocycles. The van der Waals surface area contributed by atoms with E-state index in [1.54, 1.807) is 48.5 Å². The zero-order chi connectivity index (χ0) is 20.9. The van der Waals surface area contributed by atoms with Crippen LogP contribution in [0.25, 0.3) is 10.8 Å². The predicted molar refractivity (Wildman–Crippen MR) is 122 cm³/mol. The maximum Gasteiger partial charge on any atom is 0.255 e. The average molecular weight is 415 g/mol. The topological polar surface area (TPSA) is 58.2 Å². The molecule has 30 heavy (non-hydrogen) atoms. The first-order valence-corrected chi connectivity index (χ1v) is 9.90. The summed E-state index contributed by atoms with van der Waals surface area (Å²) in [5.41, 5.74) is 2.58. The fourth-order valence-corrected chi connectivity index (χ4v) is 3.52. The predicted octanol–water partition coefficient (Wildman–Crippen LogP) is 5.93. The average Bonchev–Trinajstić information content (AvgIpc) is 2.74. The fourth-order valence-electron chi connectivity index (χ4n) is 3.33. The van der Waals surface area contributed by atoms with E-state index in [0.717, 1.165) is 16.3 Å². The van der Waals surface area contributed by atoms with Crippen LogP contribution in [0.3, 0.4) is 0 Å². The molecule has 0 atom stereocenters. The smallest absolute Gasteiger partial charge is 0.255 e. The first kappa shape index (κ1) is 19.7. The van der Waals surface area contributed by atoms with Crippen molar-refractivity contribution in [2.75, 3.05) is 10.6 Å². The number of hydrogen-bond acceptors (Lipinski definition) is 2. The first-order valence-electron chi connectivity index (χ1n) is 9.52. The fraction of sp³-hybridized carbons (Fsp3) is 0.0400. The third-order valence-electron chi connectivity index (χ3n) is 4.72. The SMILES string of the molecule is O=C(Cc1cccc2ccccc12)Nc1cccc(C(=O)Nc2cccc(Cl)c2)c1. The number of halogens is 1. The molecule has 0 spiro atoms. The second-order valence-electron chi connectivity index (χ2n) is 6.91. The van der Waals surface area contributed by atoms with Gasteiger partial charge in [-0.2, -0.15) is 0 Å². The van der Waals surface area contributed by atoms with E-state index >= 15 is 0 Å². The molecule has 0 aromatic heterocycles. The number of nitrogens with one attached hydrogen (secondary N) is 2. The number of carbonyl (C=O) groups is 2. The summed E-state index contributed by atoms with van der Waals surface area (Å²) >= 11 is 5.96. The van der Waals surface area contributed by atoms with Gasteiger partial charge in [-0.25, -0.2) is 0 Å². The van der Waals surface area contributed by atoms with E-state index < -0.39 is 0 Å².